The highest BCUT2D eigenvalue weighted by Crippen LogP contribution is 2.20. The van der Waals surface area contributed by atoms with E-state index in [1.807, 2.05) is 18.2 Å². The van der Waals surface area contributed by atoms with E-state index in [1.54, 1.807) is 42.3 Å². The zero-order valence-electron chi connectivity index (χ0n) is 17.8. The van der Waals surface area contributed by atoms with Crippen molar-refractivity contribution in [3.8, 4) is 5.75 Å². The number of rotatable bonds is 6. The molecular weight excluding hydrogens is 444 g/mol. The molecule has 168 valence electrons. The van der Waals surface area contributed by atoms with Crippen molar-refractivity contribution in [1.82, 2.24) is 9.88 Å². The topological polar surface area (TPSA) is 57.4 Å². The average Bonchev–Trinajstić information content (AvgIpc) is 2.81. The van der Waals surface area contributed by atoms with E-state index in [0.717, 1.165) is 10.9 Å². The molecule has 0 spiro atoms. The van der Waals surface area contributed by atoms with Gasteiger partial charge in [-0.3, -0.25) is 4.79 Å². The molecule has 0 aliphatic carbocycles. The first-order valence-electron chi connectivity index (χ1n) is 10.2. The fourth-order valence-electron chi connectivity index (χ4n) is 3.42. The van der Waals surface area contributed by atoms with Crippen LogP contribution >= 0.6 is 12.2 Å². The van der Waals surface area contributed by atoms with Gasteiger partial charge < -0.3 is 19.9 Å². The van der Waals surface area contributed by atoms with E-state index >= 15 is 0 Å². The second-order valence-corrected chi connectivity index (χ2v) is 7.88. The number of fused-ring (bicyclic) bond motifs is 1. The molecule has 0 aliphatic rings. The van der Waals surface area contributed by atoms with Crippen LogP contribution in [0.1, 0.15) is 11.1 Å². The highest BCUT2D eigenvalue weighted by atomic mass is 32.1. The van der Waals surface area contributed by atoms with Crippen molar-refractivity contribution in [2.24, 2.45) is 0 Å². The monoisotopic (exact) mass is 465 g/mol. The number of pyridine rings is 1. The Morgan fingerprint density at radius 2 is 1.64 bits per heavy atom. The third-order valence-corrected chi connectivity index (χ3v) is 5.52. The van der Waals surface area contributed by atoms with Crippen LogP contribution in [0.15, 0.2) is 77.6 Å². The van der Waals surface area contributed by atoms with E-state index in [4.69, 9.17) is 17.0 Å². The smallest absolute Gasteiger partial charge is 0.253 e. The molecule has 5 nitrogen and oxygen atoms in total. The van der Waals surface area contributed by atoms with Crippen molar-refractivity contribution in [3.05, 3.63) is 106 Å². The number of methoxy groups -OCH3 is 1. The number of benzene rings is 3. The van der Waals surface area contributed by atoms with E-state index in [-0.39, 0.29) is 23.7 Å². The van der Waals surface area contributed by atoms with Crippen LogP contribution in [-0.2, 0) is 13.1 Å². The number of nitrogens with zero attached hydrogens (tertiary/aromatic N) is 1. The lowest BCUT2D eigenvalue weighted by molar-refractivity contribution is 0.410. The molecule has 4 aromatic rings. The molecule has 0 fully saturated rings. The quantitative estimate of drug-likeness (QED) is 0.383. The fourth-order valence-corrected chi connectivity index (χ4v) is 3.67. The van der Waals surface area contributed by atoms with Crippen molar-refractivity contribution in [1.29, 1.82) is 0 Å². The summed E-state index contributed by atoms with van der Waals surface area (Å²) >= 11 is 5.60. The van der Waals surface area contributed by atoms with Crippen LogP contribution < -0.4 is 15.6 Å². The Morgan fingerprint density at radius 1 is 0.970 bits per heavy atom. The predicted molar refractivity (Wildman–Crippen MR) is 129 cm³/mol. The lowest BCUT2D eigenvalue weighted by Crippen LogP contribution is -2.35. The lowest BCUT2D eigenvalue weighted by Gasteiger charge is -2.26. The molecule has 3 aromatic carbocycles. The van der Waals surface area contributed by atoms with Crippen LogP contribution in [0.4, 0.5) is 14.5 Å². The number of halogens is 2. The number of anilines is 1. The van der Waals surface area contributed by atoms with Gasteiger partial charge in [0.05, 0.1) is 19.2 Å². The van der Waals surface area contributed by atoms with Crippen LogP contribution in [0, 0.1) is 11.6 Å². The van der Waals surface area contributed by atoms with Gasteiger partial charge in [0.15, 0.2) is 5.11 Å². The van der Waals surface area contributed by atoms with E-state index in [2.05, 4.69) is 10.3 Å². The molecule has 0 bridgehead atoms. The summed E-state index contributed by atoms with van der Waals surface area (Å²) in [5.74, 6) is -0.0406. The summed E-state index contributed by atoms with van der Waals surface area (Å²) in [6.45, 7) is 0.551. The molecule has 33 heavy (non-hydrogen) atoms. The van der Waals surface area contributed by atoms with Crippen LogP contribution in [0.2, 0.25) is 0 Å². The van der Waals surface area contributed by atoms with Crippen LogP contribution in [-0.4, -0.2) is 22.1 Å². The van der Waals surface area contributed by atoms with E-state index in [0.29, 0.717) is 34.2 Å². The molecule has 0 radical (unpaired) electrons. The molecule has 1 aromatic heterocycles. The van der Waals surface area contributed by atoms with Crippen molar-refractivity contribution >= 4 is 33.9 Å². The third-order valence-electron chi connectivity index (χ3n) is 5.16. The van der Waals surface area contributed by atoms with Gasteiger partial charge in [-0.1, -0.05) is 12.1 Å². The molecule has 1 heterocycles. The van der Waals surface area contributed by atoms with Gasteiger partial charge in [-0.2, -0.15) is 0 Å². The van der Waals surface area contributed by atoms with Gasteiger partial charge in [0.1, 0.15) is 17.4 Å². The first kappa shape index (κ1) is 22.4. The Hall–Kier alpha value is -3.78. The molecule has 2 N–H and O–H groups in total. The molecular formula is C25H21F2N3O2S. The standard InChI is InChI=1S/C25H21F2N3O2S/c1-32-22-11-4-17-12-18(24(31)29-23(17)13-22)15-30(14-16-2-5-19(26)6-3-16)25(33)28-21-9-7-20(27)8-10-21/h2-13H,14-15H2,1H3,(H,28,33)(H,29,31). The predicted octanol–water partition coefficient (Wildman–Crippen LogP) is 5.21. The Morgan fingerprint density at radius 3 is 2.30 bits per heavy atom. The maximum Gasteiger partial charge on any atom is 0.253 e. The zero-order chi connectivity index (χ0) is 23.4. The minimum absolute atomic E-state index is 0.210. The summed E-state index contributed by atoms with van der Waals surface area (Å²) in [4.78, 5) is 17.5. The summed E-state index contributed by atoms with van der Waals surface area (Å²) in [6.07, 6.45) is 0. The number of H-pyrrole nitrogens is 1. The number of ether oxygens (including phenoxy) is 1. The molecule has 4 rings (SSSR count). The first-order chi connectivity index (χ1) is 15.9. The van der Waals surface area contributed by atoms with E-state index in [9.17, 15) is 13.6 Å². The molecule has 0 saturated heterocycles. The van der Waals surface area contributed by atoms with Gasteiger partial charge in [0.25, 0.3) is 5.56 Å². The summed E-state index contributed by atoms with van der Waals surface area (Å²) in [5, 5.41) is 4.28. The van der Waals surface area contributed by atoms with Crippen LogP contribution in [0.3, 0.4) is 0 Å². The minimum atomic E-state index is -0.353. The molecule has 0 unspecified atom stereocenters. The largest absolute Gasteiger partial charge is 0.497 e. The normalized spacial score (nSPS) is 10.8. The zero-order valence-corrected chi connectivity index (χ0v) is 18.6. The molecule has 0 atom stereocenters. The number of thiocarbonyl (C=S) groups is 1. The second-order valence-electron chi connectivity index (χ2n) is 7.50. The second kappa shape index (κ2) is 9.79. The van der Waals surface area contributed by atoms with Gasteiger partial charge in [0.2, 0.25) is 0 Å². The van der Waals surface area contributed by atoms with Crippen molar-refractivity contribution in [2.75, 3.05) is 12.4 Å². The number of hydrogen-bond acceptors (Lipinski definition) is 3. The fraction of sp³-hybridized carbons (Fsp3) is 0.120. The lowest BCUT2D eigenvalue weighted by atomic mass is 10.1. The van der Waals surface area contributed by atoms with Crippen molar-refractivity contribution in [3.63, 3.8) is 0 Å². The Labute approximate surface area is 194 Å². The first-order valence-corrected chi connectivity index (χ1v) is 10.6. The SMILES string of the molecule is COc1ccc2cc(CN(Cc3ccc(F)cc3)C(=S)Nc3ccc(F)cc3)c(=O)[nH]c2c1. The molecule has 0 saturated carbocycles. The maximum atomic E-state index is 13.4. The highest BCUT2D eigenvalue weighted by Gasteiger charge is 2.15. The molecule has 0 amide bonds. The van der Waals surface area contributed by atoms with Crippen LogP contribution in [0.25, 0.3) is 10.9 Å². The Kier molecular flexibility index (Phi) is 6.65. The summed E-state index contributed by atoms with van der Waals surface area (Å²) in [5.41, 5.74) is 2.37. The maximum absolute atomic E-state index is 13.4. The minimum Gasteiger partial charge on any atom is -0.497 e. The van der Waals surface area contributed by atoms with Crippen molar-refractivity contribution < 1.29 is 13.5 Å². The molecule has 0 aliphatic heterocycles. The number of aromatic nitrogens is 1. The van der Waals surface area contributed by atoms with Gasteiger partial charge in [0, 0.05) is 23.9 Å². The number of nitrogens with one attached hydrogen (secondary N) is 2. The van der Waals surface area contributed by atoms with Gasteiger partial charge in [-0.05, 0) is 77.8 Å². The van der Waals surface area contributed by atoms with E-state index in [1.165, 1.54) is 24.3 Å². The summed E-state index contributed by atoms with van der Waals surface area (Å²) in [7, 11) is 1.57. The average molecular weight is 466 g/mol. The number of hydrogen-bond donors (Lipinski definition) is 2. The van der Waals surface area contributed by atoms with Gasteiger partial charge in [-0.25, -0.2) is 8.78 Å². The summed E-state index contributed by atoms with van der Waals surface area (Å²) in [6, 6.07) is 19.2. The Bertz CT molecular complexity index is 1340. The van der Waals surface area contributed by atoms with Crippen LogP contribution in [0.5, 0.6) is 5.75 Å². The van der Waals surface area contributed by atoms with Crippen molar-refractivity contribution in [2.45, 2.75) is 13.1 Å². The Balaban J connectivity index is 1.64. The van der Waals surface area contributed by atoms with E-state index < -0.39 is 0 Å². The molecule has 8 heteroatoms. The number of aromatic amines is 1. The van der Waals surface area contributed by atoms with Gasteiger partial charge in [-0.15, -0.1) is 0 Å². The highest BCUT2D eigenvalue weighted by molar-refractivity contribution is 7.80. The van der Waals surface area contributed by atoms with Gasteiger partial charge >= 0.3 is 0 Å². The third kappa shape index (κ3) is 5.53. The summed E-state index contributed by atoms with van der Waals surface area (Å²) < 4.78 is 31.9.